The van der Waals surface area contributed by atoms with Gasteiger partial charge in [-0.2, -0.15) is 5.10 Å². The highest BCUT2D eigenvalue weighted by Gasteiger charge is 2.10. The van der Waals surface area contributed by atoms with Crippen LogP contribution in [0.2, 0.25) is 0 Å². The number of nitrogens with two attached hydrogens (primary N) is 1. The SMILES string of the molecule is CC.Cc1cc(-c2cnn(C)c2)cc(C)c1N(N)I. The predicted octanol–water partition coefficient (Wildman–Crippen LogP) is 3.76. The lowest BCUT2D eigenvalue weighted by atomic mass is 10.0. The van der Waals surface area contributed by atoms with E-state index < -0.39 is 0 Å². The minimum absolute atomic E-state index is 1.07. The minimum Gasteiger partial charge on any atom is -0.275 e. The monoisotopic (exact) mass is 372 g/mol. The first-order valence-electron chi connectivity index (χ1n) is 6.30. The highest BCUT2D eigenvalue weighted by molar-refractivity contribution is 14.1. The van der Waals surface area contributed by atoms with Crippen LogP contribution >= 0.6 is 22.9 Å². The van der Waals surface area contributed by atoms with Crippen molar-refractivity contribution in [3.8, 4) is 11.1 Å². The Morgan fingerprint density at radius 3 is 2.05 bits per heavy atom. The van der Waals surface area contributed by atoms with Crippen LogP contribution in [-0.4, -0.2) is 9.78 Å². The molecule has 0 aliphatic carbocycles. The smallest absolute Gasteiger partial charge is 0.0765 e. The molecule has 4 nitrogen and oxygen atoms in total. The molecular formula is C14H21IN4. The van der Waals surface area contributed by atoms with Gasteiger partial charge in [0.15, 0.2) is 0 Å². The van der Waals surface area contributed by atoms with Crippen molar-refractivity contribution in [2.24, 2.45) is 12.9 Å². The fourth-order valence-electron chi connectivity index (χ4n) is 2.03. The number of hydrogen-bond acceptors (Lipinski definition) is 3. The second-order valence-corrected chi connectivity index (χ2v) is 5.21. The van der Waals surface area contributed by atoms with Gasteiger partial charge in [-0.1, -0.05) is 13.8 Å². The highest BCUT2D eigenvalue weighted by Crippen LogP contribution is 2.30. The molecule has 0 atom stereocenters. The maximum absolute atomic E-state index is 5.81. The molecule has 2 aromatic rings. The maximum Gasteiger partial charge on any atom is 0.0765 e. The zero-order valence-electron chi connectivity index (χ0n) is 12.1. The molecule has 2 N–H and O–H groups in total. The van der Waals surface area contributed by atoms with Crippen LogP contribution in [0.3, 0.4) is 0 Å². The van der Waals surface area contributed by atoms with Crippen LogP contribution in [-0.2, 0) is 7.05 Å². The number of anilines is 1. The molecule has 19 heavy (non-hydrogen) atoms. The van der Waals surface area contributed by atoms with E-state index in [1.54, 1.807) is 3.22 Å². The average molecular weight is 372 g/mol. The summed E-state index contributed by atoms with van der Waals surface area (Å²) in [6.07, 6.45) is 3.89. The summed E-state index contributed by atoms with van der Waals surface area (Å²) in [6, 6.07) is 4.27. The Morgan fingerprint density at radius 2 is 1.68 bits per heavy atom. The first kappa shape index (κ1) is 16.0. The van der Waals surface area contributed by atoms with Gasteiger partial charge in [0, 0.05) is 18.8 Å². The summed E-state index contributed by atoms with van der Waals surface area (Å²) < 4.78 is 3.44. The fraction of sp³-hybridized carbons (Fsp3) is 0.357. The van der Waals surface area contributed by atoms with Crippen molar-refractivity contribution >= 4 is 28.6 Å². The number of hydrazine groups is 1. The van der Waals surface area contributed by atoms with Gasteiger partial charge in [-0.05, 0) is 42.7 Å². The first-order chi connectivity index (χ1) is 8.99. The van der Waals surface area contributed by atoms with Gasteiger partial charge < -0.3 is 0 Å². The molecular weight excluding hydrogens is 351 g/mol. The van der Waals surface area contributed by atoms with Crippen molar-refractivity contribution < 1.29 is 0 Å². The van der Waals surface area contributed by atoms with E-state index >= 15 is 0 Å². The number of aromatic nitrogens is 2. The Morgan fingerprint density at radius 1 is 1.16 bits per heavy atom. The van der Waals surface area contributed by atoms with Crippen molar-refractivity contribution in [1.29, 1.82) is 0 Å². The van der Waals surface area contributed by atoms with E-state index in [4.69, 9.17) is 5.84 Å². The summed E-state index contributed by atoms with van der Waals surface area (Å²) in [5.41, 5.74) is 5.71. The third-order valence-corrected chi connectivity index (χ3v) is 3.23. The molecule has 0 aliphatic heterocycles. The quantitative estimate of drug-likeness (QED) is 0.378. The van der Waals surface area contributed by atoms with E-state index in [0.29, 0.717) is 0 Å². The summed E-state index contributed by atoms with van der Waals surface area (Å²) in [5.74, 6) is 5.81. The highest BCUT2D eigenvalue weighted by atomic mass is 127. The van der Waals surface area contributed by atoms with Crippen molar-refractivity contribution in [2.75, 3.05) is 3.22 Å². The van der Waals surface area contributed by atoms with Crippen molar-refractivity contribution in [3.05, 3.63) is 35.7 Å². The molecule has 104 valence electrons. The summed E-state index contributed by atoms with van der Waals surface area (Å²) >= 11 is 2.08. The number of aryl methyl sites for hydroxylation is 3. The number of rotatable bonds is 2. The van der Waals surface area contributed by atoms with Gasteiger partial charge >= 0.3 is 0 Å². The molecule has 0 radical (unpaired) electrons. The van der Waals surface area contributed by atoms with E-state index in [-0.39, 0.29) is 0 Å². The third kappa shape index (κ3) is 3.70. The van der Waals surface area contributed by atoms with Crippen LogP contribution < -0.4 is 9.06 Å². The number of hydrogen-bond donors (Lipinski definition) is 1. The summed E-state index contributed by atoms with van der Waals surface area (Å²) in [7, 11) is 1.92. The first-order valence-corrected chi connectivity index (χ1v) is 7.26. The lowest BCUT2D eigenvalue weighted by Gasteiger charge is -2.17. The lowest BCUT2D eigenvalue weighted by Crippen LogP contribution is -2.19. The lowest BCUT2D eigenvalue weighted by molar-refractivity contribution is 0.768. The molecule has 0 aliphatic rings. The van der Waals surface area contributed by atoms with Gasteiger partial charge in [0.25, 0.3) is 0 Å². The van der Waals surface area contributed by atoms with E-state index in [1.807, 2.05) is 38.0 Å². The standard InChI is InChI=1S/C12H15IN4.C2H6/c1-8-4-10(11-6-15-16(3)7-11)5-9(2)12(8)17(13)14;1-2/h4-7H,14H2,1-3H3;1-2H3. The third-order valence-electron chi connectivity index (χ3n) is 2.74. The largest absolute Gasteiger partial charge is 0.275 e. The minimum atomic E-state index is 1.07. The Bertz CT molecular complexity index is 523. The number of nitrogens with zero attached hydrogens (tertiary/aromatic N) is 3. The second-order valence-electron chi connectivity index (χ2n) is 4.17. The van der Waals surface area contributed by atoms with Crippen molar-refractivity contribution in [2.45, 2.75) is 27.7 Å². The Labute approximate surface area is 129 Å². The Kier molecular flexibility index (Phi) is 5.81. The van der Waals surface area contributed by atoms with E-state index in [9.17, 15) is 0 Å². The number of halogens is 1. The molecule has 1 aromatic heterocycles. The molecule has 2 rings (SSSR count). The van der Waals surface area contributed by atoms with Crippen molar-refractivity contribution in [1.82, 2.24) is 9.78 Å². The zero-order valence-corrected chi connectivity index (χ0v) is 14.3. The number of benzene rings is 1. The molecule has 0 unspecified atom stereocenters. The van der Waals surface area contributed by atoms with Crippen LogP contribution in [0.1, 0.15) is 25.0 Å². The molecule has 0 amide bonds. The molecule has 0 spiro atoms. The molecule has 1 heterocycles. The van der Waals surface area contributed by atoms with Gasteiger partial charge in [0.05, 0.1) is 34.7 Å². The van der Waals surface area contributed by atoms with Crippen LogP contribution in [0, 0.1) is 13.8 Å². The van der Waals surface area contributed by atoms with E-state index in [2.05, 4.69) is 53.9 Å². The van der Waals surface area contributed by atoms with Crippen molar-refractivity contribution in [3.63, 3.8) is 0 Å². The van der Waals surface area contributed by atoms with Crippen LogP contribution in [0.15, 0.2) is 24.5 Å². The maximum atomic E-state index is 5.81. The van der Waals surface area contributed by atoms with Gasteiger partial charge in [-0.25, -0.2) is 5.84 Å². The van der Waals surface area contributed by atoms with Gasteiger partial charge in [-0.3, -0.25) is 7.90 Å². The summed E-state index contributed by atoms with van der Waals surface area (Å²) in [4.78, 5) is 0. The summed E-state index contributed by atoms with van der Waals surface area (Å²) in [6.45, 7) is 8.14. The topological polar surface area (TPSA) is 47.1 Å². The van der Waals surface area contributed by atoms with Crippen LogP contribution in [0.25, 0.3) is 11.1 Å². The molecule has 0 saturated heterocycles. The normalized spacial score (nSPS) is 9.84. The average Bonchev–Trinajstić information content (AvgIpc) is 2.77. The molecule has 1 aromatic carbocycles. The van der Waals surface area contributed by atoms with Crippen LogP contribution in [0.4, 0.5) is 5.69 Å². The predicted molar refractivity (Wildman–Crippen MR) is 90.2 cm³/mol. The zero-order chi connectivity index (χ0) is 14.6. The van der Waals surface area contributed by atoms with Gasteiger partial charge in [0.2, 0.25) is 0 Å². The molecule has 0 bridgehead atoms. The van der Waals surface area contributed by atoms with Crippen LogP contribution in [0.5, 0.6) is 0 Å². The fourth-order valence-corrected chi connectivity index (χ4v) is 2.79. The second kappa shape index (κ2) is 6.91. The summed E-state index contributed by atoms with van der Waals surface area (Å²) in [5, 5.41) is 4.19. The molecule has 5 heteroatoms. The van der Waals surface area contributed by atoms with E-state index in [0.717, 1.165) is 11.3 Å². The molecule has 0 saturated carbocycles. The van der Waals surface area contributed by atoms with E-state index in [1.165, 1.54) is 16.7 Å². The van der Waals surface area contributed by atoms with Gasteiger partial charge in [0.1, 0.15) is 0 Å². The Balaban J connectivity index is 0.000000861. The Hall–Kier alpha value is -1.08. The molecule has 0 fully saturated rings. The van der Waals surface area contributed by atoms with Gasteiger partial charge in [-0.15, -0.1) is 0 Å².